The molecule has 0 aliphatic carbocycles. The first kappa shape index (κ1) is 15.7. The summed E-state index contributed by atoms with van der Waals surface area (Å²) < 4.78 is 5.68. The van der Waals surface area contributed by atoms with Crippen molar-refractivity contribution >= 4 is 11.7 Å². The Morgan fingerprint density at radius 1 is 1.52 bits per heavy atom. The first-order valence-electron chi connectivity index (χ1n) is 7.31. The third-order valence-electron chi connectivity index (χ3n) is 3.35. The van der Waals surface area contributed by atoms with Crippen molar-refractivity contribution in [2.24, 2.45) is 0 Å². The molecule has 1 N–H and O–H groups in total. The molecule has 21 heavy (non-hydrogen) atoms. The average Bonchev–Trinajstić information content (AvgIpc) is 2.45. The van der Waals surface area contributed by atoms with E-state index in [2.05, 4.69) is 41.0 Å². The van der Waals surface area contributed by atoms with Crippen molar-refractivity contribution in [3.05, 3.63) is 18.1 Å². The average molecular weight is 292 g/mol. The quantitative estimate of drug-likeness (QED) is 0.904. The zero-order valence-electron chi connectivity index (χ0n) is 13.2. The number of ether oxygens (including phenoxy) is 1. The van der Waals surface area contributed by atoms with Crippen LogP contribution in [-0.4, -0.2) is 48.2 Å². The largest absolute Gasteiger partial charge is 0.373 e. The molecule has 2 rings (SSSR count). The molecule has 1 aliphatic rings. The summed E-state index contributed by atoms with van der Waals surface area (Å²) >= 11 is 0. The van der Waals surface area contributed by atoms with Crippen LogP contribution in [0.5, 0.6) is 0 Å². The van der Waals surface area contributed by atoms with Crippen LogP contribution in [0.25, 0.3) is 0 Å². The van der Waals surface area contributed by atoms with E-state index in [1.165, 1.54) is 6.92 Å². The first-order chi connectivity index (χ1) is 9.86. The number of carbonyl (C=O) groups excluding carboxylic acids is 1. The fraction of sp³-hybridized carbons (Fsp3) is 0.667. The highest BCUT2D eigenvalue weighted by Crippen LogP contribution is 2.21. The molecular weight excluding hydrogens is 268 g/mol. The first-order valence-corrected chi connectivity index (χ1v) is 7.31. The second-order valence-electron chi connectivity index (χ2n) is 6.36. The van der Waals surface area contributed by atoms with Crippen LogP contribution in [0.1, 0.15) is 33.5 Å². The van der Waals surface area contributed by atoms with E-state index in [1.807, 2.05) is 6.07 Å². The summed E-state index contributed by atoms with van der Waals surface area (Å²) in [5.74, 6) is 1.73. The summed E-state index contributed by atoms with van der Waals surface area (Å²) in [6.07, 6.45) is 1.80. The minimum Gasteiger partial charge on any atom is -0.373 e. The maximum Gasteiger partial charge on any atom is 0.216 e. The SMILES string of the molecule is CC(=O)NCC1CN(c2ccnc(C(C)(C)C)n2)CCO1. The minimum atomic E-state index is -0.0715. The molecular formula is C15H24N4O2. The number of hydrogen-bond donors (Lipinski definition) is 1. The number of amides is 1. The topological polar surface area (TPSA) is 67.4 Å². The van der Waals surface area contributed by atoms with Crippen molar-refractivity contribution in [3.8, 4) is 0 Å². The van der Waals surface area contributed by atoms with E-state index in [0.717, 1.165) is 24.7 Å². The summed E-state index contributed by atoms with van der Waals surface area (Å²) in [5.41, 5.74) is -0.0715. The van der Waals surface area contributed by atoms with Crippen molar-refractivity contribution in [1.82, 2.24) is 15.3 Å². The molecule has 0 spiro atoms. The van der Waals surface area contributed by atoms with Gasteiger partial charge in [-0.05, 0) is 6.07 Å². The van der Waals surface area contributed by atoms with Gasteiger partial charge in [-0.25, -0.2) is 9.97 Å². The second-order valence-corrected chi connectivity index (χ2v) is 6.36. The third kappa shape index (κ3) is 4.39. The Labute approximate surface area is 125 Å². The van der Waals surface area contributed by atoms with Gasteiger partial charge in [-0.2, -0.15) is 0 Å². The van der Waals surface area contributed by atoms with E-state index in [0.29, 0.717) is 13.2 Å². The molecule has 1 unspecified atom stereocenters. The van der Waals surface area contributed by atoms with Gasteiger partial charge in [0.2, 0.25) is 5.91 Å². The van der Waals surface area contributed by atoms with Gasteiger partial charge in [0, 0.05) is 38.2 Å². The van der Waals surface area contributed by atoms with Gasteiger partial charge >= 0.3 is 0 Å². The molecule has 1 aromatic heterocycles. The number of hydrogen-bond acceptors (Lipinski definition) is 5. The van der Waals surface area contributed by atoms with Crippen LogP contribution in [0.3, 0.4) is 0 Å². The molecule has 0 aromatic carbocycles. The molecule has 0 saturated carbocycles. The zero-order valence-corrected chi connectivity index (χ0v) is 13.2. The number of aromatic nitrogens is 2. The van der Waals surface area contributed by atoms with Crippen LogP contribution in [0.2, 0.25) is 0 Å². The Balaban J connectivity index is 2.05. The van der Waals surface area contributed by atoms with Gasteiger partial charge in [0.05, 0.1) is 12.7 Å². The van der Waals surface area contributed by atoms with E-state index >= 15 is 0 Å². The van der Waals surface area contributed by atoms with Crippen LogP contribution in [0.4, 0.5) is 5.82 Å². The summed E-state index contributed by atoms with van der Waals surface area (Å²) in [5, 5.41) is 2.80. The minimum absolute atomic E-state index is 0.00398. The van der Waals surface area contributed by atoms with Crippen LogP contribution < -0.4 is 10.2 Å². The highest BCUT2D eigenvalue weighted by molar-refractivity contribution is 5.72. The lowest BCUT2D eigenvalue weighted by Crippen LogP contribution is -2.47. The third-order valence-corrected chi connectivity index (χ3v) is 3.35. The normalized spacial score (nSPS) is 19.4. The standard InChI is InChI=1S/C15H24N4O2/c1-11(20)17-9-12-10-19(7-8-21-12)13-5-6-16-14(18-13)15(2,3)4/h5-6,12H,7-10H2,1-4H3,(H,17,20). The van der Waals surface area contributed by atoms with Crippen molar-refractivity contribution in [1.29, 1.82) is 0 Å². The monoisotopic (exact) mass is 292 g/mol. The highest BCUT2D eigenvalue weighted by atomic mass is 16.5. The fourth-order valence-electron chi connectivity index (χ4n) is 2.20. The summed E-state index contributed by atoms with van der Waals surface area (Å²) in [6, 6.07) is 1.93. The molecule has 1 atom stereocenters. The van der Waals surface area contributed by atoms with Crippen molar-refractivity contribution in [3.63, 3.8) is 0 Å². The number of nitrogens with one attached hydrogen (secondary N) is 1. The molecule has 1 aromatic rings. The Bertz CT molecular complexity index is 499. The van der Waals surface area contributed by atoms with Crippen molar-refractivity contribution < 1.29 is 9.53 Å². The second kappa shape index (κ2) is 6.39. The summed E-state index contributed by atoms with van der Waals surface area (Å²) in [4.78, 5) is 22.2. The van der Waals surface area contributed by atoms with Gasteiger partial charge in [0.15, 0.2) is 0 Å². The predicted octanol–water partition coefficient (Wildman–Crippen LogP) is 1.12. The van der Waals surface area contributed by atoms with Gasteiger partial charge in [0.1, 0.15) is 11.6 Å². The fourth-order valence-corrected chi connectivity index (χ4v) is 2.20. The molecule has 1 aliphatic heterocycles. The van der Waals surface area contributed by atoms with Crippen LogP contribution in [0, 0.1) is 0 Å². The molecule has 6 nitrogen and oxygen atoms in total. The van der Waals surface area contributed by atoms with Gasteiger partial charge in [-0.15, -0.1) is 0 Å². The lowest BCUT2D eigenvalue weighted by Gasteiger charge is -2.34. The zero-order chi connectivity index (χ0) is 15.5. The lowest BCUT2D eigenvalue weighted by molar-refractivity contribution is -0.119. The Morgan fingerprint density at radius 2 is 2.29 bits per heavy atom. The lowest BCUT2D eigenvalue weighted by atomic mass is 9.96. The van der Waals surface area contributed by atoms with E-state index < -0.39 is 0 Å². The molecule has 0 radical (unpaired) electrons. The molecule has 1 fully saturated rings. The Morgan fingerprint density at radius 3 is 2.95 bits per heavy atom. The Kier molecular flexibility index (Phi) is 4.77. The van der Waals surface area contributed by atoms with E-state index in [1.54, 1.807) is 6.20 Å². The molecule has 0 bridgehead atoms. The maximum absolute atomic E-state index is 11.0. The highest BCUT2D eigenvalue weighted by Gasteiger charge is 2.23. The van der Waals surface area contributed by atoms with E-state index in [-0.39, 0.29) is 17.4 Å². The molecule has 116 valence electrons. The molecule has 1 amide bonds. The van der Waals surface area contributed by atoms with Crippen LogP contribution in [-0.2, 0) is 14.9 Å². The van der Waals surface area contributed by atoms with Crippen LogP contribution >= 0.6 is 0 Å². The van der Waals surface area contributed by atoms with Crippen molar-refractivity contribution in [2.45, 2.75) is 39.2 Å². The summed E-state index contributed by atoms with van der Waals surface area (Å²) in [7, 11) is 0. The Hall–Kier alpha value is -1.69. The summed E-state index contributed by atoms with van der Waals surface area (Å²) in [6.45, 7) is 10.5. The van der Waals surface area contributed by atoms with Crippen molar-refractivity contribution in [2.75, 3.05) is 31.1 Å². The number of nitrogens with zero attached hydrogens (tertiary/aromatic N) is 3. The van der Waals surface area contributed by atoms with Gasteiger partial charge < -0.3 is 15.0 Å². The molecule has 2 heterocycles. The molecule has 1 saturated heterocycles. The number of carbonyl (C=O) groups is 1. The number of rotatable bonds is 3. The number of anilines is 1. The maximum atomic E-state index is 11.0. The van der Waals surface area contributed by atoms with Gasteiger partial charge in [-0.1, -0.05) is 20.8 Å². The van der Waals surface area contributed by atoms with Gasteiger partial charge in [0.25, 0.3) is 0 Å². The number of morpholine rings is 1. The predicted molar refractivity (Wildman–Crippen MR) is 81.4 cm³/mol. The molecule has 6 heteroatoms. The van der Waals surface area contributed by atoms with Crippen LogP contribution in [0.15, 0.2) is 12.3 Å². The van der Waals surface area contributed by atoms with Gasteiger partial charge in [-0.3, -0.25) is 4.79 Å². The smallest absolute Gasteiger partial charge is 0.216 e. The van der Waals surface area contributed by atoms with E-state index in [4.69, 9.17) is 4.74 Å². The van der Waals surface area contributed by atoms with E-state index in [9.17, 15) is 4.79 Å².